The van der Waals surface area contributed by atoms with E-state index in [4.69, 9.17) is 16.9 Å². The summed E-state index contributed by atoms with van der Waals surface area (Å²) in [6, 6.07) is 1.97. The van der Waals surface area contributed by atoms with E-state index in [1.165, 1.54) is 6.07 Å². The van der Waals surface area contributed by atoms with Crippen LogP contribution in [-0.2, 0) is 12.6 Å². The number of halogens is 6. The molecular formula is C9H4ClF5N2. The molecule has 0 aliphatic heterocycles. The Hall–Kier alpha value is -1.42. The van der Waals surface area contributed by atoms with Crippen LogP contribution < -0.4 is 0 Å². The molecule has 1 aromatic rings. The highest BCUT2D eigenvalue weighted by atomic mass is 35.5. The molecule has 0 saturated carbocycles. The highest BCUT2D eigenvalue weighted by molar-refractivity contribution is 6.31. The molecule has 0 N–H and O–H groups in total. The maximum atomic E-state index is 12.5. The van der Waals surface area contributed by atoms with Crippen LogP contribution >= 0.6 is 11.6 Å². The van der Waals surface area contributed by atoms with Gasteiger partial charge in [-0.1, -0.05) is 11.6 Å². The van der Waals surface area contributed by atoms with Gasteiger partial charge in [0.2, 0.25) is 0 Å². The number of nitrogens with zero attached hydrogens (tertiary/aromatic N) is 2. The summed E-state index contributed by atoms with van der Waals surface area (Å²) in [6.45, 7) is 0. The average molecular weight is 271 g/mol. The summed E-state index contributed by atoms with van der Waals surface area (Å²) in [5.41, 5.74) is -2.84. The Morgan fingerprint density at radius 3 is 2.41 bits per heavy atom. The van der Waals surface area contributed by atoms with Gasteiger partial charge in [0.05, 0.1) is 23.2 Å². The van der Waals surface area contributed by atoms with Crippen LogP contribution in [0.2, 0.25) is 5.02 Å². The molecule has 0 spiro atoms. The number of hydrogen-bond acceptors (Lipinski definition) is 2. The van der Waals surface area contributed by atoms with Crippen LogP contribution in [0.15, 0.2) is 6.07 Å². The van der Waals surface area contributed by atoms with Gasteiger partial charge >= 0.3 is 6.18 Å². The average Bonchev–Trinajstić information content (AvgIpc) is 2.18. The largest absolute Gasteiger partial charge is 0.434 e. The predicted molar refractivity (Wildman–Crippen MR) is 48.5 cm³/mol. The number of pyridine rings is 1. The molecule has 0 aromatic carbocycles. The van der Waals surface area contributed by atoms with Crippen LogP contribution in [0.3, 0.4) is 0 Å². The third-order valence-corrected chi connectivity index (χ3v) is 2.13. The summed E-state index contributed by atoms with van der Waals surface area (Å²) in [5, 5.41) is 7.43. The van der Waals surface area contributed by atoms with Crippen LogP contribution in [0, 0.1) is 11.3 Å². The number of aromatic nitrogens is 1. The van der Waals surface area contributed by atoms with Crippen molar-refractivity contribution in [2.75, 3.05) is 0 Å². The van der Waals surface area contributed by atoms with Crippen molar-refractivity contribution in [2.45, 2.75) is 19.0 Å². The Morgan fingerprint density at radius 1 is 1.41 bits per heavy atom. The predicted octanol–water partition coefficient (Wildman–Crippen LogP) is 3.76. The molecule has 1 rings (SSSR count). The molecule has 0 aliphatic rings. The first-order valence-corrected chi connectivity index (χ1v) is 4.56. The Kier molecular flexibility index (Phi) is 3.88. The van der Waals surface area contributed by atoms with Gasteiger partial charge < -0.3 is 0 Å². The maximum absolute atomic E-state index is 12.5. The van der Waals surface area contributed by atoms with E-state index in [1.807, 2.05) is 0 Å². The fourth-order valence-corrected chi connectivity index (χ4v) is 1.41. The quantitative estimate of drug-likeness (QED) is 0.767. The molecule has 8 heteroatoms. The summed E-state index contributed by atoms with van der Waals surface area (Å²) in [6.07, 6.45) is -8.52. The number of hydrogen-bond donors (Lipinski definition) is 0. The lowest BCUT2D eigenvalue weighted by Gasteiger charge is -2.12. The Bertz CT molecular complexity index is 464. The van der Waals surface area contributed by atoms with Gasteiger partial charge in [0.1, 0.15) is 0 Å². The molecule has 0 unspecified atom stereocenters. The number of rotatable bonds is 2. The van der Waals surface area contributed by atoms with Gasteiger partial charge in [-0.05, 0) is 6.07 Å². The highest BCUT2D eigenvalue weighted by Gasteiger charge is 2.36. The smallest absolute Gasteiger partial charge is 0.245 e. The van der Waals surface area contributed by atoms with Gasteiger partial charge in [-0.25, -0.2) is 13.8 Å². The first-order valence-electron chi connectivity index (χ1n) is 4.19. The zero-order valence-electron chi connectivity index (χ0n) is 8.02. The molecule has 0 amide bonds. The lowest BCUT2D eigenvalue weighted by atomic mass is 10.1. The standard InChI is InChI=1S/C9H4ClF5N2/c10-5-3-4(8(11)12)6(1-2-16)17-7(5)9(13,14)15/h3,8H,1H2. The van der Waals surface area contributed by atoms with Gasteiger partial charge in [-0.3, -0.25) is 0 Å². The molecule has 0 saturated heterocycles. The van der Waals surface area contributed by atoms with Crippen LogP contribution in [-0.4, -0.2) is 4.98 Å². The van der Waals surface area contributed by atoms with E-state index >= 15 is 0 Å². The molecule has 2 nitrogen and oxygen atoms in total. The minimum Gasteiger partial charge on any atom is -0.245 e. The molecule has 1 aromatic heterocycles. The Labute approximate surface area is 97.6 Å². The third kappa shape index (κ3) is 3.03. The topological polar surface area (TPSA) is 36.7 Å². The molecule has 0 aliphatic carbocycles. The van der Waals surface area contributed by atoms with Crippen molar-refractivity contribution in [3.05, 3.63) is 28.0 Å². The maximum Gasteiger partial charge on any atom is 0.434 e. The van der Waals surface area contributed by atoms with E-state index in [0.717, 1.165) is 0 Å². The zero-order valence-corrected chi connectivity index (χ0v) is 8.78. The van der Waals surface area contributed by atoms with E-state index in [0.29, 0.717) is 6.07 Å². The fourth-order valence-electron chi connectivity index (χ4n) is 1.15. The first kappa shape index (κ1) is 13.6. The summed E-state index contributed by atoms with van der Waals surface area (Å²) in [5.74, 6) is 0. The molecule has 0 atom stereocenters. The van der Waals surface area contributed by atoms with Gasteiger partial charge in [-0.15, -0.1) is 0 Å². The van der Waals surface area contributed by atoms with Crippen molar-refractivity contribution in [1.82, 2.24) is 4.98 Å². The Balaban J connectivity index is 3.41. The van der Waals surface area contributed by atoms with Gasteiger partial charge in [0.25, 0.3) is 6.43 Å². The second-order valence-corrected chi connectivity index (χ2v) is 3.40. The second-order valence-electron chi connectivity index (χ2n) is 2.99. The highest BCUT2D eigenvalue weighted by Crippen LogP contribution is 2.36. The fraction of sp³-hybridized carbons (Fsp3) is 0.333. The van der Waals surface area contributed by atoms with Crippen molar-refractivity contribution in [2.24, 2.45) is 0 Å². The number of nitriles is 1. The molecule has 17 heavy (non-hydrogen) atoms. The number of alkyl halides is 5. The van der Waals surface area contributed by atoms with Gasteiger partial charge in [-0.2, -0.15) is 18.4 Å². The van der Waals surface area contributed by atoms with Crippen molar-refractivity contribution in [3.8, 4) is 6.07 Å². The van der Waals surface area contributed by atoms with E-state index < -0.39 is 41.0 Å². The van der Waals surface area contributed by atoms with Crippen molar-refractivity contribution in [1.29, 1.82) is 5.26 Å². The minimum atomic E-state index is -4.85. The summed E-state index contributed by atoms with van der Waals surface area (Å²) in [4.78, 5) is 3.00. The van der Waals surface area contributed by atoms with Crippen molar-refractivity contribution >= 4 is 11.6 Å². The van der Waals surface area contributed by atoms with Crippen LogP contribution in [0.4, 0.5) is 22.0 Å². The summed E-state index contributed by atoms with van der Waals surface area (Å²) < 4.78 is 62.1. The molecular weight excluding hydrogens is 267 g/mol. The minimum absolute atomic E-state index is 0.495. The Morgan fingerprint density at radius 2 is 2.00 bits per heavy atom. The van der Waals surface area contributed by atoms with E-state index in [-0.39, 0.29) is 0 Å². The molecule has 92 valence electrons. The zero-order chi connectivity index (χ0) is 13.2. The van der Waals surface area contributed by atoms with E-state index in [9.17, 15) is 22.0 Å². The molecule has 1 heterocycles. The van der Waals surface area contributed by atoms with Crippen LogP contribution in [0.25, 0.3) is 0 Å². The molecule has 0 fully saturated rings. The third-order valence-electron chi connectivity index (χ3n) is 1.84. The second kappa shape index (κ2) is 4.84. The van der Waals surface area contributed by atoms with Gasteiger partial charge in [0, 0.05) is 5.56 Å². The normalized spacial score (nSPS) is 11.6. The lowest BCUT2D eigenvalue weighted by molar-refractivity contribution is -0.141. The lowest BCUT2D eigenvalue weighted by Crippen LogP contribution is -2.12. The summed E-state index contributed by atoms with van der Waals surface area (Å²) in [7, 11) is 0. The van der Waals surface area contributed by atoms with Crippen LogP contribution in [0.5, 0.6) is 0 Å². The van der Waals surface area contributed by atoms with Crippen molar-refractivity contribution < 1.29 is 22.0 Å². The SMILES string of the molecule is N#CCc1nc(C(F)(F)F)c(Cl)cc1C(F)F. The van der Waals surface area contributed by atoms with Crippen LogP contribution in [0.1, 0.15) is 23.4 Å². The first-order chi connectivity index (χ1) is 7.77. The van der Waals surface area contributed by atoms with Crippen molar-refractivity contribution in [3.63, 3.8) is 0 Å². The summed E-state index contributed by atoms with van der Waals surface area (Å²) >= 11 is 5.23. The van der Waals surface area contributed by atoms with E-state index in [2.05, 4.69) is 4.98 Å². The molecule has 0 radical (unpaired) electrons. The van der Waals surface area contributed by atoms with E-state index in [1.54, 1.807) is 0 Å². The van der Waals surface area contributed by atoms with Gasteiger partial charge in [0.15, 0.2) is 5.69 Å². The monoisotopic (exact) mass is 270 g/mol. The molecule has 0 bridgehead atoms.